The molecule has 0 amide bonds. The second-order valence-corrected chi connectivity index (χ2v) is 2.76. The van der Waals surface area contributed by atoms with E-state index in [2.05, 4.69) is 18.9 Å². The zero-order valence-electron chi connectivity index (χ0n) is 8.63. The predicted molar refractivity (Wildman–Crippen MR) is 53.1 cm³/mol. The first kappa shape index (κ1) is 11.0. The number of hydrogen-bond donors (Lipinski definition) is 1. The van der Waals surface area contributed by atoms with Crippen LogP contribution in [0.1, 0.15) is 39.2 Å². The molecule has 70 valence electrons. The van der Waals surface area contributed by atoms with Gasteiger partial charge in [-0.1, -0.05) is 27.7 Å². The van der Waals surface area contributed by atoms with E-state index in [0.717, 1.165) is 11.4 Å². The van der Waals surface area contributed by atoms with Gasteiger partial charge in [-0.3, -0.25) is 4.68 Å². The van der Waals surface area contributed by atoms with Gasteiger partial charge in [0.25, 0.3) is 0 Å². The molecule has 12 heavy (non-hydrogen) atoms. The van der Waals surface area contributed by atoms with Crippen molar-refractivity contribution in [2.45, 2.75) is 33.6 Å². The zero-order valence-corrected chi connectivity index (χ0v) is 8.63. The van der Waals surface area contributed by atoms with Crippen molar-refractivity contribution in [3.63, 3.8) is 0 Å². The quantitative estimate of drug-likeness (QED) is 0.700. The summed E-state index contributed by atoms with van der Waals surface area (Å²) < 4.78 is 1.69. The molecule has 0 saturated heterocycles. The van der Waals surface area contributed by atoms with E-state index >= 15 is 0 Å². The van der Waals surface area contributed by atoms with Crippen molar-refractivity contribution >= 4 is 5.82 Å². The summed E-state index contributed by atoms with van der Waals surface area (Å²) in [7, 11) is 1.85. The van der Waals surface area contributed by atoms with E-state index in [1.54, 1.807) is 4.68 Å². The molecule has 0 bridgehead atoms. The van der Waals surface area contributed by atoms with Crippen LogP contribution in [-0.4, -0.2) is 9.78 Å². The number of rotatable bonds is 1. The van der Waals surface area contributed by atoms with Crippen molar-refractivity contribution in [3.8, 4) is 0 Å². The van der Waals surface area contributed by atoms with Crippen LogP contribution in [0.5, 0.6) is 0 Å². The van der Waals surface area contributed by atoms with E-state index in [0.29, 0.717) is 5.92 Å². The maximum Gasteiger partial charge on any atom is 0.124 e. The Hall–Kier alpha value is -0.990. The zero-order chi connectivity index (χ0) is 9.72. The van der Waals surface area contributed by atoms with Crippen molar-refractivity contribution in [1.82, 2.24) is 9.78 Å². The maximum absolute atomic E-state index is 5.70. The highest BCUT2D eigenvalue weighted by Gasteiger charge is 2.06. The lowest BCUT2D eigenvalue weighted by molar-refractivity contribution is 0.777. The second-order valence-electron chi connectivity index (χ2n) is 2.76. The molecule has 3 heteroatoms. The number of aromatic nitrogens is 2. The summed E-state index contributed by atoms with van der Waals surface area (Å²) in [4.78, 5) is 0. The molecule has 0 saturated carbocycles. The highest BCUT2D eigenvalue weighted by atomic mass is 15.3. The van der Waals surface area contributed by atoms with E-state index in [1.807, 2.05) is 27.1 Å². The third-order valence-electron chi connectivity index (χ3n) is 1.64. The SMILES string of the molecule is CC.CC(C)c1cnn(C)c1N. The van der Waals surface area contributed by atoms with Crippen molar-refractivity contribution in [1.29, 1.82) is 0 Å². The topological polar surface area (TPSA) is 43.8 Å². The lowest BCUT2D eigenvalue weighted by Crippen LogP contribution is -2.00. The van der Waals surface area contributed by atoms with E-state index < -0.39 is 0 Å². The minimum Gasteiger partial charge on any atom is -0.384 e. The minimum absolute atomic E-state index is 0.466. The van der Waals surface area contributed by atoms with Crippen LogP contribution >= 0.6 is 0 Å². The fourth-order valence-electron chi connectivity index (χ4n) is 0.909. The highest BCUT2D eigenvalue weighted by Crippen LogP contribution is 2.19. The standard InChI is InChI=1S/C7H13N3.C2H6/c1-5(2)6-4-9-10(3)7(6)8;1-2/h4-5H,8H2,1-3H3;1-2H3. The highest BCUT2D eigenvalue weighted by molar-refractivity contribution is 5.40. The number of nitrogens with zero attached hydrogens (tertiary/aromatic N) is 2. The van der Waals surface area contributed by atoms with Crippen molar-refractivity contribution < 1.29 is 0 Å². The molecular weight excluding hydrogens is 150 g/mol. The summed E-state index contributed by atoms with van der Waals surface area (Å²) in [5.41, 5.74) is 6.83. The molecule has 1 aromatic rings. The largest absolute Gasteiger partial charge is 0.384 e. The lowest BCUT2D eigenvalue weighted by Gasteiger charge is -2.01. The van der Waals surface area contributed by atoms with Crippen LogP contribution in [0.4, 0.5) is 5.82 Å². The Bertz CT molecular complexity index is 226. The number of hydrogen-bond acceptors (Lipinski definition) is 2. The van der Waals surface area contributed by atoms with Crippen LogP contribution in [0.15, 0.2) is 6.20 Å². The first-order valence-corrected chi connectivity index (χ1v) is 4.40. The van der Waals surface area contributed by atoms with E-state index in [1.165, 1.54) is 0 Å². The lowest BCUT2D eigenvalue weighted by atomic mass is 10.1. The number of anilines is 1. The average Bonchev–Trinajstić information content (AvgIpc) is 2.37. The molecule has 0 aromatic carbocycles. The molecule has 0 fully saturated rings. The molecule has 0 aliphatic carbocycles. The molecule has 0 aliphatic heterocycles. The number of nitrogen functional groups attached to an aromatic ring is 1. The summed E-state index contributed by atoms with van der Waals surface area (Å²) in [6.07, 6.45) is 1.82. The van der Waals surface area contributed by atoms with Gasteiger partial charge in [0, 0.05) is 12.6 Å². The molecule has 3 nitrogen and oxygen atoms in total. The smallest absolute Gasteiger partial charge is 0.124 e. The molecule has 1 heterocycles. The summed E-state index contributed by atoms with van der Waals surface area (Å²) in [5.74, 6) is 1.24. The Morgan fingerprint density at radius 3 is 2.08 bits per heavy atom. The molecule has 1 aromatic heterocycles. The van der Waals surface area contributed by atoms with Crippen molar-refractivity contribution in [2.75, 3.05) is 5.73 Å². The van der Waals surface area contributed by atoms with E-state index in [4.69, 9.17) is 5.73 Å². The molecule has 0 spiro atoms. The van der Waals surface area contributed by atoms with Gasteiger partial charge in [0.1, 0.15) is 5.82 Å². The van der Waals surface area contributed by atoms with Gasteiger partial charge in [0.05, 0.1) is 6.20 Å². The first-order chi connectivity index (χ1) is 5.63. The van der Waals surface area contributed by atoms with Gasteiger partial charge in [-0.25, -0.2) is 0 Å². The predicted octanol–water partition coefficient (Wildman–Crippen LogP) is 2.15. The first-order valence-electron chi connectivity index (χ1n) is 4.40. The van der Waals surface area contributed by atoms with Gasteiger partial charge in [0.15, 0.2) is 0 Å². The second kappa shape index (κ2) is 4.80. The van der Waals surface area contributed by atoms with Gasteiger partial charge < -0.3 is 5.73 Å². The van der Waals surface area contributed by atoms with Crippen LogP contribution in [0.25, 0.3) is 0 Å². The molecule has 0 radical (unpaired) electrons. The van der Waals surface area contributed by atoms with E-state index in [9.17, 15) is 0 Å². The normalized spacial score (nSPS) is 9.50. The Kier molecular flexibility index (Phi) is 4.40. The van der Waals surface area contributed by atoms with Gasteiger partial charge in [-0.2, -0.15) is 5.10 Å². The number of aryl methyl sites for hydroxylation is 1. The summed E-state index contributed by atoms with van der Waals surface area (Å²) >= 11 is 0. The summed E-state index contributed by atoms with van der Waals surface area (Å²) in [6, 6.07) is 0. The molecule has 2 N–H and O–H groups in total. The van der Waals surface area contributed by atoms with Crippen molar-refractivity contribution in [3.05, 3.63) is 11.8 Å². The van der Waals surface area contributed by atoms with E-state index in [-0.39, 0.29) is 0 Å². The average molecular weight is 169 g/mol. The molecule has 1 rings (SSSR count). The Balaban J connectivity index is 0.000000561. The van der Waals surface area contributed by atoms with Crippen LogP contribution in [0, 0.1) is 0 Å². The maximum atomic E-state index is 5.70. The molecule has 0 unspecified atom stereocenters. The molecule has 0 atom stereocenters. The summed E-state index contributed by atoms with van der Waals surface area (Å²) in [6.45, 7) is 8.21. The third-order valence-corrected chi connectivity index (χ3v) is 1.64. The van der Waals surface area contributed by atoms with Gasteiger partial charge >= 0.3 is 0 Å². The molecular formula is C9H19N3. The molecule has 0 aliphatic rings. The fourth-order valence-corrected chi connectivity index (χ4v) is 0.909. The Morgan fingerprint density at radius 1 is 1.42 bits per heavy atom. The minimum atomic E-state index is 0.466. The monoisotopic (exact) mass is 169 g/mol. The van der Waals surface area contributed by atoms with Crippen LogP contribution in [0.3, 0.4) is 0 Å². The van der Waals surface area contributed by atoms with Crippen LogP contribution < -0.4 is 5.73 Å². The van der Waals surface area contributed by atoms with Gasteiger partial charge in [-0.15, -0.1) is 0 Å². The third kappa shape index (κ3) is 2.26. The Labute approximate surface area is 74.6 Å². The Morgan fingerprint density at radius 2 is 1.92 bits per heavy atom. The summed E-state index contributed by atoms with van der Waals surface area (Å²) in [5, 5.41) is 4.03. The van der Waals surface area contributed by atoms with Gasteiger partial charge in [-0.05, 0) is 5.92 Å². The van der Waals surface area contributed by atoms with Crippen molar-refractivity contribution in [2.24, 2.45) is 7.05 Å². The fraction of sp³-hybridized carbons (Fsp3) is 0.667. The van der Waals surface area contributed by atoms with Gasteiger partial charge in [0.2, 0.25) is 0 Å². The van der Waals surface area contributed by atoms with Crippen LogP contribution in [-0.2, 0) is 7.05 Å². The number of nitrogens with two attached hydrogens (primary N) is 1. The van der Waals surface area contributed by atoms with Crippen LogP contribution in [0.2, 0.25) is 0 Å².